The van der Waals surface area contributed by atoms with Gasteiger partial charge in [0.1, 0.15) is 11.6 Å². The highest BCUT2D eigenvalue weighted by atomic mass is 19.1. The van der Waals surface area contributed by atoms with Gasteiger partial charge < -0.3 is 9.47 Å². The molecule has 0 saturated carbocycles. The largest absolute Gasteiger partial charge is 0.350 e. The van der Waals surface area contributed by atoms with Crippen molar-refractivity contribution >= 4 is 0 Å². The van der Waals surface area contributed by atoms with E-state index in [9.17, 15) is 4.39 Å². The summed E-state index contributed by atoms with van der Waals surface area (Å²) >= 11 is 0. The van der Waals surface area contributed by atoms with Crippen LogP contribution in [0.5, 0.6) is 0 Å². The molecule has 0 aliphatic rings. The molecule has 0 radical (unpaired) electrons. The Morgan fingerprint density at radius 3 is 2.68 bits per heavy atom. The van der Waals surface area contributed by atoms with Crippen LogP contribution >= 0.6 is 0 Å². The quantitative estimate of drug-likeness (QED) is 0.777. The van der Waals surface area contributed by atoms with Crippen molar-refractivity contribution in [1.29, 1.82) is 0 Å². The summed E-state index contributed by atoms with van der Waals surface area (Å²) in [4.78, 5) is 8.53. The highest BCUT2D eigenvalue weighted by Gasteiger charge is 2.11. The molecule has 1 aromatic carbocycles. The van der Waals surface area contributed by atoms with Gasteiger partial charge in [0, 0.05) is 26.8 Å². The topological polar surface area (TPSA) is 44.2 Å². The molecule has 1 aromatic heterocycles. The molecule has 0 N–H and O–H groups in total. The first kappa shape index (κ1) is 13.6. The lowest BCUT2D eigenvalue weighted by Gasteiger charge is -2.13. The number of nitrogens with zero attached hydrogens (tertiary/aromatic N) is 2. The molecular formula is C14H15FN2O2. The Kier molecular flexibility index (Phi) is 4.54. The summed E-state index contributed by atoms with van der Waals surface area (Å²) in [5.41, 5.74) is 1.47. The fraction of sp³-hybridized carbons (Fsp3) is 0.286. The summed E-state index contributed by atoms with van der Waals surface area (Å²) in [5, 5.41) is 0. The van der Waals surface area contributed by atoms with Gasteiger partial charge in [0.15, 0.2) is 0 Å². The Morgan fingerprint density at radius 1 is 1.21 bits per heavy atom. The van der Waals surface area contributed by atoms with E-state index in [4.69, 9.17) is 9.47 Å². The van der Waals surface area contributed by atoms with Gasteiger partial charge in [-0.25, -0.2) is 14.4 Å². The number of aromatic nitrogens is 2. The van der Waals surface area contributed by atoms with Gasteiger partial charge in [-0.2, -0.15) is 0 Å². The zero-order valence-corrected chi connectivity index (χ0v) is 10.8. The molecule has 0 amide bonds. The fourth-order valence-corrected chi connectivity index (χ4v) is 1.80. The Morgan fingerprint density at radius 2 is 2.00 bits per heavy atom. The Bertz CT molecular complexity index is 544. The van der Waals surface area contributed by atoms with Crippen LogP contribution in [0.25, 0.3) is 0 Å². The Hall–Kier alpha value is -1.85. The third kappa shape index (κ3) is 3.56. The number of methoxy groups -OCH3 is 2. The van der Waals surface area contributed by atoms with Gasteiger partial charge in [-0.05, 0) is 23.8 Å². The number of benzene rings is 1. The van der Waals surface area contributed by atoms with Crippen molar-refractivity contribution in [2.75, 3.05) is 14.2 Å². The van der Waals surface area contributed by atoms with Crippen molar-refractivity contribution in [3.63, 3.8) is 0 Å². The van der Waals surface area contributed by atoms with Crippen LogP contribution in [0.4, 0.5) is 4.39 Å². The lowest BCUT2D eigenvalue weighted by atomic mass is 10.1. The number of hydrogen-bond acceptors (Lipinski definition) is 4. The minimum absolute atomic E-state index is 0.264. The highest BCUT2D eigenvalue weighted by Crippen LogP contribution is 2.15. The second kappa shape index (κ2) is 6.36. The minimum Gasteiger partial charge on any atom is -0.350 e. The van der Waals surface area contributed by atoms with Crippen LogP contribution in [0.3, 0.4) is 0 Å². The first-order valence-electron chi connectivity index (χ1n) is 5.85. The SMILES string of the molecule is COC(OC)c1ccnc(Cc2cccc(F)c2)n1. The molecule has 0 fully saturated rings. The number of ether oxygens (including phenoxy) is 2. The average molecular weight is 262 g/mol. The molecule has 0 spiro atoms. The maximum atomic E-state index is 13.1. The molecule has 100 valence electrons. The summed E-state index contributed by atoms with van der Waals surface area (Å²) in [6, 6.07) is 8.12. The second-order valence-electron chi connectivity index (χ2n) is 4.01. The van der Waals surface area contributed by atoms with Crippen LogP contribution in [0.1, 0.15) is 23.4 Å². The van der Waals surface area contributed by atoms with E-state index in [0.29, 0.717) is 17.9 Å². The molecule has 5 heteroatoms. The molecule has 0 aliphatic heterocycles. The van der Waals surface area contributed by atoms with Gasteiger partial charge in [0.25, 0.3) is 0 Å². The Labute approximate surface area is 111 Å². The van der Waals surface area contributed by atoms with Gasteiger partial charge in [-0.15, -0.1) is 0 Å². The molecule has 0 aliphatic carbocycles. The molecule has 1 heterocycles. The average Bonchev–Trinajstić information content (AvgIpc) is 2.41. The molecule has 2 aromatic rings. The van der Waals surface area contributed by atoms with Gasteiger partial charge in [0.2, 0.25) is 6.29 Å². The van der Waals surface area contributed by atoms with E-state index < -0.39 is 6.29 Å². The first-order valence-corrected chi connectivity index (χ1v) is 5.85. The van der Waals surface area contributed by atoms with E-state index in [2.05, 4.69) is 9.97 Å². The van der Waals surface area contributed by atoms with E-state index in [0.717, 1.165) is 5.56 Å². The van der Waals surface area contributed by atoms with Gasteiger partial charge in [-0.3, -0.25) is 0 Å². The number of rotatable bonds is 5. The number of halogens is 1. The molecule has 4 nitrogen and oxygen atoms in total. The third-order valence-corrected chi connectivity index (χ3v) is 2.65. The molecular weight excluding hydrogens is 247 g/mol. The van der Waals surface area contributed by atoms with Crippen molar-refractivity contribution in [1.82, 2.24) is 9.97 Å². The minimum atomic E-state index is -0.519. The van der Waals surface area contributed by atoms with E-state index in [-0.39, 0.29) is 5.82 Å². The highest BCUT2D eigenvalue weighted by molar-refractivity contribution is 5.20. The molecule has 0 atom stereocenters. The smallest absolute Gasteiger partial charge is 0.200 e. The normalized spacial score (nSPS) is 10.9. The maximum absolute atomic E-state index is 13.1. The number of hydrogen-bond donors (Lipinski definition) is 0. The van der Waals surface area contributed by atoms with Crippen molar-refractivity contribution in [3.8, 4) is 0 Å². The van der Waals surface area contributed by atoms with Crippen LogP contribution in [-0.2, 0) is 15.9 Å². The fourth-order valence-electron chi connectivity index (χ4n) is 1.80. The summed E-state index contributed by atoms with van der Waals surface area (Å²) in [6.07, 6.45) is 1.59. The monoisotopic (exact) mass is 262 g/mol. The van der Waals surface area contributed by atoms with Crippen LogP contribution < -0.4 is 0 Å². The van der Waals surface area contributed by atoms with Crippen molar-refractivity contribution in [3.05, 3.63) is 59.4 Å². The van der Waals surface area contributed by atoms with Crippen LogP contribution in [0, 0.1) is 5.82 Å². The Balaban J connectivity index is 2.19. The lowest BCUT2D eigenvalue weighted by Crippen LogP contribution is -2.08. The van der Waals surface area contributed by atoms with E-state index in [1.54, 1.807) is 32.5 Å². The van der Waals surface area contributed by atoms with Crippen LogP contribution in [0.2, 0.25) is 0 Å². The molecule has 0 bridgehead atoms. The van der Waals surface area contributed by atoms with Crippen LogP contribution in [-0.4, -0.2) is 24.2 Å². The third-order valence-electron chi connectivity index (χ3n) is 2.65. The summed E-state index contributed by atoms with van der Waals surface area (Å²) in [6.45, 7) is 0. The summed E-state index contributed by atoms with van der Waals surface area (Å²) < 4.78 is 23.4. The predicted octanol–water partition coefficient (Wildman–Crippen LogP) is 2.50. The molecule has 0 saturated heterocycles. The summed E-state index contributed by atoms with van der Waals surface area (Å²) in [5.74, 6) is 0.336. The van der Waals surface area contributed by atoms with Crippen molar-refractivity contribution < 1.29 is 13.9 Å². The van der Waals surface area contributed by atoms with Gasteiger partial charge in [-0.1, -0.05) is 12.1 Å². The molecule has 19 heavy (non-hydrogen) atoms. The summed E-state index contributed by atoms with van der Waals surface area (Å²) in [7, 11) is 3.09. The zero-order valence-electron chi connectivity index (χ0n) is 10.8. The van der Waals surface area contributed by atoms with Crippen molar-refractivity contribution in [2.45, 2.75) is 12.7 Å². The van der Waals surface area contributed by atoms with E-state index in [1.165, 1.54) is 12.1 Å². The van der Waals surface area contributed by atoms with Crippen molar-refractivity contribution in [2.24, 2.45) is 0 Å². The molecule has 0 unspecified atom stereocenters. The van der Waals surface area contributed by atoms with E-state index in [1.807, 2.05) is 6.07 Å². The van der Waals surface area contributed by atoms with Crippen LogP contribution in [0.15, 0.2) is 36.5 Å². The predicted molar refractivity (Wildman–Crippen MR) is 68.0 cm³/mol. The standard InChI is InChI=1S/C14H15FN2O2/c1-18-14(19-2)12-6-7-16-13(17-12)9-10-4-3-5-11(15)8-10/h3-8,14H,9H2,1-2H3. The zero-order chi connectivity index (χ0) is 13.7. The molecule has 2 rings (SSSR count). The van der Waals surface area contributed by atoms with Gasteiger partial charge in [0.05, 0.1) is 5.69 Å². The second-order valence-corrected chi connectivity index (χ2v) is 4.01. The lowest BCUT2D eigenvalue weighted by molar-refractivity contribution is -0.108. The maximum Gasteiger partial charge on any atom is 0.200 e. The first-order chi connectivity index (χ1) is 9.22. The van der Waals surface area contributed by atoms with Gasteiger partial charge >= 0.3 is 0 Å². The van der Waals surface area contributed by atoms with E-state index >= 15 is 0 Å².